The number of aromatic nitrogens is 2. The molecule has 2 aromatic carbocycles. The molecule has 1 amide bonds. The zero-order chi connectivity index (χ0) is 16.2. The molecule has 1 N–H and O–H groups in total. The van der Waals surface area contributed by atoms with Crippen LogP contribution in [-0.2, 0) is 4.79 Å². The molecule has 1 aromatic heterocycles. The van der Waals surface area contributed by atoms with E-state index in [-0.39, 0.29) is 5.91 Å². The van der Waals surface area contributed by atoms with Gasteiger partial charge in [-0.2, -0.15) is 0 Å². The first-order chi connectivity index (χ1) is 11.1. The molecule has 4 nitrogen and oxygen atoms in total. The monoisotopic (exact) mass is 303 g/mol. The third kappa shape index (κ3) is 3.61. The lowest BCUT2D eigenvalue weighted by atomic mass is 10.1. The number of amides is 1. The highest BCUT2D eigenvalue weighted by Crippen LogP contribution is 2.14. The minimum atomic E-state index is -0.191. The maximum Gasteiger partial charge on any atom is 0.248 e. The van der Waals surface area contributed by atoms with Gasteiger partial charge in [-0.05, 0) is 55.3 Å². The standard InChI is InChI=1S/C19H17N3O/c1-13-7-8-15(11-14(13)2)22-19(23)10-9-16-12-20-17-5-3-4-6-18(17)21-16/h3-12H,1-2H3,(H,22,23)/b10-9+. The molecule has 0 bridgehead atoms. The summed E-state index contributed by atoms with van der Waals surface area (Å²) in [5.41, 5.74) is 5.43. The lowest BCUT2D eigenvalue weighted by Gasteiger charge is -2.05. The average molecular weight is 303 g/mol. The number of aryl methyl sites for hydroxylation is 2. The highest BCUT2D eigenvalue weighted by atomic mass is 16.1. The van der Waals surface area contributed by atoms with Gasteiger partial charge in [0, 0.05) is 11.8 Å². The molecule has 4 heteroatoms. The van der Waals surface area contributed by atoms with Crippen LogP contribution in [0.2, 0.25) is 0 Å². The molecule has 3 rings (SSSR count). The van der Waals surface area contributed by atoms with E-state index in [4.69, 9.17) is 0 Å². The summed E-state index contributed by atoms with van der Waals surface area (Å²) in [7, 11) is 0. The Morgan fingerprint density at radius 1 is 1.04 bits per heavy atom. The molecule has 0 radical (unpaired) electrons. The number of benzene rings is 2. The van der Waals surface area contributed by atoms with Crippen molar-refractivity contribution in [3.63, 3.8) is 0 Å². The zero-order valence-electron chi connectivity index (χ0n) is 13.1. The van der Waals surface area contributed by atoms with Crippen molar-refractivity contribution in [3.8, 4) is 0 Å². The first kappa shape index (κ1) is 14.9. The molecule has 114 valence electrons. The second-order valence-corrected chi connectivity index (χ2v) is 5.41. The van der Waals surface area contributed by atoms with Gasteiger partial charge in [-0.1, -0.05) is 18.2 Å². The molecular formula is C19H17N3O. The Labute approximate surface area is 134 Å². The second kappa shape index (κ2) is 6.40. The van der Waals surface area contributed by atoms with E-state index < -0.39 is 0 Å². The normalized spacial score (nSPS) is 11.0. The van der Waals surface area contributed by atoms with Crippen molar-refractivity contribution in [2.75, 3.05) is 5.32 Å². The molecule has 0 spiro atoms. The molecule has 23 heavy (non-hydrogen) atoms. The van der Waals surface area contributed by atoms with Gasteiger partial charge in [0.1, 0.15) is 0 Å². The summed E-state index contributed by atoms with van der Waals surface area (Å²) in [6.07, 6.45) is 4.78. The number of nitrogens with zero attached hydrogens (tertiary/aromatic N) is 2. The zero-order valence-corrected chi connectivity index (χ0v) is 13.1. The minimum absolute atomic E-state index is 0.191. The lowest BCUT2D eigenvalue weighted by molar-refractivity contribution is -0.111. The SMILES string of the molecule is Cc1ccc(NC(=O)/C=C/c2cnc3ccccc3n2)cc1C. The molecule has 3 aromatic rings. The van der Waals surface area contributed by atoms with E-state index in [1.165, 1.54) is 11.6 Å². The van der Waals surface area contributed by atoms with Gasteiger partial charge in [0.05, 0.1) is 22.9 Å². The summed E-state index contributed by atoms with van der Waals surface area (Å²) in [5.74, 6) is -0.191. The summed E-state index contributed by atoms with van der Waals surface area (Å²) < 4.78 is 0. The Balaban J connectivity index is 1.72. The van der Waals surface area contributed by atoms with Crippen LogP contribution < -0.4 is 5.32 Å². The largest absolute Gasteiger partial charge is 0.323 e. The number of nitrogens with one attached hydrogen (secondary N) is 1. The van der Waals surface area contributed by atoms with Gasteiger partial charge in [-0.15, -0.1) is 0 Å². The Morgan fingerprint density at radius 2 is 1.83 bits per heavy atom. The highest BCUT2D eigenvalue weighted by Gasteiger charge is 2.01. The van der Waals surface area contributed by atoms with Gasteiger partial charge in [0.2, 0.25) is 5.91 Å². The number of rotatable bonds is 3. The van der Waals surface area contributed by atoms with Crippen LogP contribution in [0.15, 0.2) is 54.7 Å². The van der Waals surface area contributed by atoms with Crippen molar-refractivity contribution in [2.24, 2.45) is 0 Å². The van der Waals surface area contributed by atoms with Crippen LogP contribution in [-0.4, -0.2) is 15.9 Å². The fourth-order valence-corrected chi connectivity index (χ4v) is 2.22. The molecule has 0 aliphatic carbocycles. The van der Waals surface area contributed by atoms with Crippen LogP contribution in [0.4, 0.5) is 5.69 Å². The summed E-state index contributed by atoms with van der Waals surface area (Å²) in [6, 6.07) is 13.5. The van der Waals surface area contributed by atoms with Crippen molar-refractivity contribution in [2.45, 2.75) is 13.8 Å². The summed E-state index contributed by atoms with van der Waals surface area (Å²) in [5, 5.41) is 2.84. The molecule has 0 atom stereocenters. The van der Waals surface area contributed by atoms with Crippen LogP contribution in [0.3, 0.4) is 0 Å². The fraction of sp³-hybridized carbons (Fsp3) is 0.105. The number of carbonyl (C=O) groups is 1. The van der Waals surface area contributed by atoms with Gasteiger partial charge in [-0.3, -0.25) is 9.78 Å². The van der Waals surface area contributed by atoms with Gasteiger partial charge in [0.15, 0.2) is 0 Å². The van der Waals surface area contributed by atoms with Gasteiger partial charge < -0.3 is 5.32 Å². The Kier molecular flexibility index (Phi) is 4.15. The minimum Gasteiger partial charge on any atom is -0.323 e. The first-order valence-corrected chi connectivity index (χ1v) is 7.40. The van der Waals surface area contributed by atoms with E-state index in [1.807, 2.05) is 56.3 Å². The predicted octanol–water partition coefficient (Wildman–Crippen LogP) is 3.90. The number of para-hydroxylation sites is 2. The van der Waals surface area contributed by atoms with Crippen molar-refractivity contribution < 1.29 is 4.79 Å². The van der Waals surface area contributed by atoms with Crippen molar-refractivity contribution in [3.05, 3.63) is 71.6 Å². The topological polar surface area (TPSA) is 54.9 Å². The van der Waals surface area contributed by atoms with Crippen LogP contribution in [0, 0.1) is 13.8 Å². The van der Waals surface area contributed by atoms with Crippen molar-refractivity contribution in [1.82, 2.24) is 9.97 Å². The number of anilines is 1. The number of hydrogen-bond donors (Lipinski definition) is 1. The van der Waals surface area contributed by atoms with E-state index in [0.717, 1.165) is 22.3 Å². The van der Waals surface area contributed by atoms with Gasteiger partial charge in [0.25, 0.3) is 0 Å². The number of carbonyl (C=O) groups excluding carboxylic acids is 1. The summed E-state index contributed by atoms with van der Waals surface area (Å²) in [6.45, 7) is 4.06. The van der Waals surface area contributed by atoms with E-state index in [2.05, 4.69) is 15.3 Å². The molecule has 0 unspecified atom stereocenters. The van der Waals surface area contributed by atoms with E-state index in [0.29, 0.717) is 5.69 Å². The van der Waals surface area contributed by atoms with Crippen LogP contribution in [0.1, 0.15) is 16.8 Å². The third-order valence-electron chi connectivity index (χ3n) is 3.65. The Bertz CT molecular complexity index is 900. The molecule has 0 aliphatic rings. The quantitative estimate of drug-likeness (QED) is 0.747. The molecular weight excluding hydrogens is 286 g/mol. The van der Waals surface area contributed by atoms with Crippen molar-refractivity contribution >= 4 is 28.7 Å². The van der Waals surface area contributed by atoms with Crippen molar-refractivity contribution in [1.29, 1.82) is 0 Å². The Hall–Kier alpha value is -3.01. The summed E-state index contributed by atoms with van der Waals surface area (Å²) >= 11 is 0. The van der Waals surface area contributed by atoms with E-state index in [9.17, 15) is 4.79 Å². The maximum absolute atomic E-state index is 12.0. The maximum atomic E-state index is 12.0. The fourth-order valence-electron chi connectivity index (χ4n) is 2.22. The van der Waals surface area contributed by atoms with Gasteiger partial charge >= 0.3 is 0 Å². The van der Waals surface area contributed by atoms with Gasteiger partial charge in [-0.25, -0.2) is 4.98 Å². The molecule has 1 heterocycles. The van der Waals surface area contributed by atoms with Crippen LogP contribution in [0.25, 0.3) is 17.1 Å². The molecule has 0 fully saturated rings. The second-order valence-electron chi connectivity index (χ2n) is 5.41. The number of hydrogen-bond acceptors (Lipinski definition) is 3. The van der Waals surface area contributed by atoms with E-state index >= 15 is 0 Å². The smallest absolute Gasteiger partial charge is 0.248 e. The Morgan fingerprint density at radius 3 is 2.61 bits per heavy atom. The lowest BCUT2D eigenvalue weighted by Crippen LogP contribution is -2.08. The average Bonchev–Trinajstić information content (AvgIpc) is 2.56. The molecule has 0 saturated heterocycles. The predicted molar refractivity (Wildman–Crippen MR) is 93.1 cm³/mol. The van der Waals surface area contributed by atoms with Crippen LogP contribution >= 0.6 is 0 Å². The first-order valence-electron chi connectivity index (χ1n) is 7.40. The van der Waals surface area contributed by atoms with E-state index in [1.54, 1.807) is 12.3 Å². The van der Waals surface area contributed by atoms with Crippen LogP contribution in [0.5, 0.6) is 0 Å². The highest BCUT2D eigenvalue weighted by molar-refractivity contribution is 6.01. The molecule has 0 aliphatic heterocycles. The number of fused-ring (bicyclic) bond motifs is 1. The third-order valence-corrected chi connectivity index (χ3v) is 3.65. The summed E-state index contributed by atoms with van der Waals surface area (Å²) in [4.78, 5) is 20.8. The molecule has 0 saturated carbocycles.